The predicted octanol–water partition coefficient (Wildman–Crippen LogP) is 3.57. The molecule has 0 fully saturated rings. The Morgan fingerprint density at radius 3 is 1.95 bits per heavy atom. The summed E-state index contributed by atoms with van der Waals surface area (Å²) in [4.78, 5) is 54.2. The van der Waals surface area contributed by atoms with Gasteiger partial charge in [0.1, 0.15) is 5.56 Å². The highest BCUT2D eigenvalue weighted by Crippen LogP contribution is 2.31. The molecule has 0 aliphatic heterocycles. The van der Waals surface area contributed by atoms with E-state index in [1.165, 1.54) is 19.1 Å². The van der Waals surface area contributed by atoms with Crippen molar-refractivity contribution < 1.29 is 32.7 Å². The average Bonchev–Trinajstić information content (AvgIpc) is 2.86. The molecule has 12 heteroatoms. The minimum absolute atomic E-state index is 0.175. The zero-order valence-corrected chi connectivity index (χ0v) is 20.6. The summed E-state index contributed by atoms with van der Waals surface area (Å²) >= 11 is 0. The monoisotopic (exact) mass is 530 g/mol. The van der Waals surface area contributed by atoms with Crippen LogP contribution < -0.4 is 16.2 Å². The van der Waals surface area contributed by atoms with Crippen molar-refractivity contribution in [3.63, 3.8) is 0 Å². The fourth-order valence-electron chi connectivity index (χ4n) is 3.44. The molecule has 0 saturated carbocycles. The Bertz CT molecular complexity index is 1400. The quantitative estimate of drug-likeness (QED) is 0.351. The lowest BCUT2D eigenvalue weighted by Gasteiger charge is -2.27. The number of aliphatic carboxylic acids is 1. The van der Waals surface area contributed by atoms with E-state index in [1.54, 1.807) is 38.1 Å². The first-order valence-electron chi connectivity index (χ1n) is 11.4. The topological polar surface area (TPSA) is 141 Å². The normalized spacial score (nSPS) is 12.5. The number of alkyl halides is 3. The average molecular weight is 531 g/mol. The van der Waals surface area contributed by atoms with Crippen LogP contribution in [0.1, 0.15) is 52.9 Å². The Labute approximate surface area is 215 Å². The van der Waals surface area contributed by atoms with Crippen LogP contribution in [0, 0.1) is 5.92 Å². The van der Waals surface area contributed by atoms with Gasteiger partial charge in [-0.05, 0) is 42.7 Å². The smallest absolute Gasteiger partial charge is 0.416 e. The van der Waals surface area contributed by atoms with Crippen LogP contribution in [0.3, 0.4) is 0 Å². The number of carboxylic acids is 1. The lowest BCUT2D eigenvalue weighted by Crippen LogP contribution is -2.43. The maximum absolute atomic E-state index is 12.8. The van der Waals surface area contributed by atoms with Gasteiger partial charge in [-0.3, -0.25) is 19.2 Å². The van der Waals surface area contributed by atoms with Crippen LogP contribution in [0.5, 0.6) is 0 Å². The number of amides is 2. The molecule has 0 aliphatic carbocycles. The second-order valence-electron chi connectivity index (χ2n) is 9.16. The molecule has 0 radical (unpaired) electrons. The highest BCUT2D eigenvalue weighted by Gasteiger charge is 2.30. The number of carbonyl (C=O) groups is 3. The van der Waals surface area contributed by atoms with E-state index in [-0.39, 0.29) is 17.9 Å². The summed E-state index contributed by atoms with van der Waals surface area (Å²) in [5.74, 6) is -3.86. The van der Waals surface area contributed by atoms with Crippen molar-refractivity contribution in [2.75, 3.05) is 6.54 Å². The molecule has 2 aromatic carbocycles. The van der Waals surface area contributed by atoms with Gasteiger partial charge in [-0.15, -0.1) is 0 Å². The second-order valence-corrected chi connectivity index (χ2v) is 9.16. The summed E-state index contributed by atoms with van der Waals surface area (Å²) in [6.07, 6.45) is -3.47. The summed E-state index contributed by atoms with van der Waals surface area (Å²) < 4.78 is 38.4. The molecular formula is C26H25F3N4O5. The van der Waals surface area contributed by atoms with E-state index in [4.69, 9.17) is 5.11 Å². The van der Waals surface area contributed by atoms with E-state index in [2.05, 4.69) is 20.6 Å². The summed E-state index contributed by atoms with van der Waals surface area (Å²) in [5, 5.41) is 13.9. The minimum Gasteiger partial charge on any atom is -0.481 e. The molecule has 1 atom stereocenters. The third kappa shape index (κ3) is 6.64. The fourth-order valence-corrected chi connectivity index (χ4v) is 3.44. The summed E-state index contributed by atoms with van der Waals surface area (Å²) in [7, 11) is 0. The summed E-state index contributed by atoms with van der Waals surface area (Å²) in [6.45, 7) is 4.62. The Hall–Kier alpha value is -4.48. The fraction of sp³-hybridized carbons (Fsp3) is 0.269. The van der Waals surface area contributed by atoms with E-state index >= 15 is 0 Å². The number of nitrogens with one attached hydrogen (secondary N) is 3. The first kappa shape index (κ1) is 28.1. The summed E-state index contributed by atoms with van der Waals surface area (Å²) in [6, 6.07) is 11.6. The Morgan fingerprint density at radius 2 is 1.47 bits per heavy atom. The SMILES string of the molecule is C[C@@H](CNC(=O)c1ncc(C(=O)NC(C)(C)c2ccc(-c3ccc(C(F)(F)F)cc3)cc2)c(=O)[nH]1)C(=O)O. The molecule has 0 bridgehead atoms. The Morgan fingerprint density at radius 1 is 0.947 bits per heavy atom. The first-order chi connectivity index (χ1) is 17.7. The van der Waals surface area contributed by atoms with Gasteiger partial charge in [0, 0.05) is 12.7 Å². The number of nitrogens with zero attached hydrogens (tertiary/aromatic N) is 1. The molecule has 9 nitrogen and oxygen atoms in total. The third-order valence-corrected chi connectivity index (χ3v) is 5.83. The number of carbonyl (C=O) groups excluding carboxylic acids is 2. The van der Waals surface area contributed by atoms with Crippen LogP contribution in [0.15, 0.2) is 59.5 Å². The molecule has 38 heavy (non-hydrogen) atoms. The number of rotatable bonds is 8. The van der Waals surface area contributed by atoms with Crippen molar-refractivity contribution >= 4 is 17.8 Å². The van der Waals surface area contributed by atoms with Crippen LogP contribution in [0.25, 0.3) is 11.1 Å². The van der Waals surface area contributed by atoms with E-state index in [0.29, 0.717) is 16.7 Å². The maximum Gasteiger partial charge on any atom is 0.416 e. The molecule has 0 unspecified atom stereocenters. The number of aromatic amines is 1. The van der Waals surface area contributed by atoms with E-state index in [9.17, 15) is 32.3 Å². The maximum atomic E-state index is 12.8. The van der Waals surface area contributed by atoms with Gasteiger partial charge in [-0.25, -0.2) is 4.98 Å². The van der Waals surface area contributed by atoms with Gasteiger partial charge >= 0.3 is 12.1 Å². The molecule has 1 heterocycles. The lowest BCUT2D eigenvalue weighted by molar-refractivity contribution is -0.141. The lowest BCUT2D eigenvalue weighted by atomic mass is 9.92. The van der Waals surface area contributed by atoms with Gasteiger partial charge in [-0.1, -0.05) is 43.3 Å². The van der Waals surface area contributed by atoms with Crippen molar-refractivity contribution in [3.8, 4) is 11.1 Å². The highest BCUT2D eigenvalue weighted by molar-refractivity contribution is 5.95. The molecule has 3 aromatic rings. The third-order valence-electron chi connectivity index (χ3n) is 5.83. The molecule has 0 saturated heterocycles. The summed E-state index contributed by atoms with van der Waals surface area (Å²) in [5.41, 5.74) is -0.965. The molecule has 200 valence electrons. The largest absolute Gasteiger partial charge is 0.481 e. The number of benzene rings is 2. The van der Waals surface area contributed by atoms with Crippen molar-refractivity contribution in [2.45, 2.75) is 32.5 Å². The standard InChI is InChI=1S/C26H25F3N4O5/c1-14(24(37)38)12-31-23(36)20-30-13-19(21(34)32-20)22(35)33-25(2,3)17-8-4-15(5-9-17)16-6-10-18(11-7-16)26(27,28)29/h4-11,13-14H,12H2,1-3H3,(H,31,36)(H,33,35)(H,37,38)(H,30,32,34)/t14-/m0/s1. The molecule has 4 N–H and O–H groups in total. The van der Waals surface area contributed by atoms with Crippen LogP contribution in [0.4, 0.5) is 13.2 Å². The zero-order chi connectivity index (χ0) is 28.3. The molecule has 2 amide bonds. The van der Waals surface area contributed by atoms with Crippen molar-refractivity contribution in [2.24, 2.45) is 5.92 Å². The number of carboxylic acid groups (broad SMARTS) is 1. The predicted molar refractivity (Wildman–Crippen MR) is 131 cm³/mol. The van der Waals surface area contributed by atoms with Gasteiger partial charge < -0.3 is 20.7 Å². The molecule has 3 rings (SSSR count). The van der Waals surface area contributed by atoms with Crippen LogP contribution in [0.2, 0.25) is 0 Å². The number of hydrogen-bond acceptors (Lipinski definition) is 5. The van der Waals surface area contributed by atoms with Crippen molar-refractivity contribution in [3.05, 3.63) is 87.6 Å². The van der Waals surface area contributed by atoms with E-state index in [0.717, 1.165) is 18.3 Å². The van der Waals surface area contributed by atoms with E-state index < -0.39 is 46.5 Å². The number of hydrogen-bond donors (Lipinski definition) is 4. The van der Waals surface area contributed by atoms with Gasteiger partial charge in [-0.2, -0.15) is 13.2 Å². The Balaban J connectivity index is 1.70. The molecule has 1 aromatic heterocycles. The second kappa shape index (κ2) is 10.9. The Kier molecular flexibility index (Phi) is 8.04. The van der Waals surface area contributed by atoms with Gasteiger partial charge in [0.05, 0.1) is 17.0 Å². The number of halogens is 3. The van der Waals surface area contributed by atoms with Gasteiger partial charge in [0.15, 0.2) is 5.82 Å². The van der Waals surface area contributed by atoms with Gasteiger partial charge in [0.2, 0.25) is 0 Å². The highest BCUT2D eigenvalue weighted by atomic mass is 19.4. The molecule has 0 spiro atoms. The minimum atomic E-state index is -4.42. The van der Waals surface area contributed by atoms with Gasteiger partial charge in [0.25, 0.3) is 17.4 Å². The number of H-pyrrole nitrogens is 1. The molecule has 0 aliphatic rings. The number of aromatic nitrogens is 2. The van der Waals surface area contributed by atoms with Crippen LogP contribution in [-0.2, 0) is 16.5 Å². The first-order valence-corrected chi connectivity index (χ1v) is 11.4. The van der Waals surface area contributed by atoms with Crippen LogP contribution in [-0.4, -0.2) is 39.4 Å². The van der Waals surface area contributed by atoms with Crippen LogP contribution >= 0.6 is 0 Å². The molecular weight excluding hydrogens is 505 g/mol. The van der Waals surface area contributed by atoms with E-state index in [1.807, 2.05) is 0 Å². The van der Waals surface area contributed by atoms with Crippen molar-refractivity contribution in [1.82, 2.24) is 20.6 Å². The van der Waals surface area contributed by atoms with Crippen molar-refractivity contribution in [1.29, 1.82) is 0 Å². The zero-order valence-electron chi connectivity index (χ0n) is 20.6.